The van der Waals surface area contributed by atoms with Crippen LogP contribution in [0.2, 0.25) is 0 Å². The highest BCUT2D eigenvalue weighted by Crippen LogP contribution is 2.26. The molecule has 1 unspecified atom stereocenters. The molecule has 2 aromatic carbocycles. The predicted molar refractivity (Wildman–Crippen MR) is 133 cm³/mol. The zero-order valence-corrected chi connectivity index (χ0v) is 20.9. The van der Waals surface area contributed by atoms with Crippen LogP contribution in [0.25, 0.3) is 0 Å². The molecule has 2 aliphatic rings. The molecule has 1 atom stereocenters. The Kier molecular flexibility index (Phi) is 7.06. The van der Waals surface area contributed by atoms with Crippen molar-refractivity contribution in [1.29, 1.82) is 0 Å². The van der Waals surface area contributed by atoms with Crippen molar-refractivity contribution in [2.45, 2.75) is 52.0 Å². The number of cyclic esters (lactones) is 3. The minimum absolute atomic E-state index is 0.0196. The second kappa shape index (κ2) is 10.1. The van der Waals surface area contributed by atoms with Gasteiger partial charge in [0.25, 0.3) is 5.79 Å². The fourth-order valence-corrected chi connectivity index (χ4v) is 3.64. The summed E-state index contributed by atoms with van der Waals surface area (Å²) >= 11 is 0. The van der Waals surface area contributed by atoms with E-state index in [2.05, 4.69) is 10.6 Å². The standard InChI is InChI=1S/C27H28N2O8/c1-26(2)34-22(30)20(23(31)35-26)14-28-18-9-5-16(6-10-18)13-17-7-11-19(12-8-17)29-15-21-24(32)36-27(3,4)37-25(21)33/h5-12,14-15,22,28-30H,13H2,1-4H3/b20-14+. The molecule has 0 aromatic heterocycles. The average Bonchev–Trinajstić information content (AvgIpc) is 2.78. The van der Waals surface area contributed by atoms with Crippen LogP contribution in [0.3, 0.4) is 0 Å². The van der Waals surface area contributed by atoms with E-state index < -0.39 is 35.8 Å². The normalized spacial score (nSPS) is 21.5. The van der Waals surface area contributed by atoms with E-state index >= 15 is 0 Å². The summed E-state index contributed by atoms with van der Waals surface area (Å²) in [4.78, 5) is 36.1. The molecule has 2 fully saturated rings. The van der Waals surface area contributed by atoms with Crippen molar-refractivity contribution < 1.29 is 38.4 Å². The van der Waals surface area contributed by atoms with Gasteiger partial charge in [0, 0.05) is 51.5 Å². The van der Waals surface area contributed by atoms with Crippen LogP contribution in [0.4, 0.5) is 11.4 Å². The van der Waals surface area contributed by atoms with Crippen LogP contribution in [-0.4, -0.2) is 40.9 Å². The highest BCUT2D eigenvalue weighted by molar-refractivity contribution is 6.15. The number of carbonyl (C=O) groups is 3. The van der Waals surface area contributed by atoms with Crippen LogP contribution in [0.1, 0.15) is 38.8 Å². The van der Waals surface area contributed by atoms with Crippen LogP contribution in [0.15, 0.2) is 72.1 Å². The van der Waals surface area contributed by atoms with E-state index in [9.17, 15) is 19.5 Å². The monoisotopic (exact) mass is 508 g/mol. The third-order valence-corrected chi connectivity index (χ3v) is 5.45. The molecule has 194 valence electrons. The Labute approximate surface area is 213 Å². The van der Waals surface area contributed by atoms with E-state index in [1.54, 1.807) is 13.8 Å². The first-order valence-electron chi connectivity index (χ1n) is 11.6. The van der Waals surface area contributed by atoms with Gasteiger partial charge >= 0.3 is 17.9 Å². The van der Waals surface area contributed by atoms with Crippen molar-refractivity contribution in [3.8, 4) is 0 Å². The smallest absolute Gasteiger partial charge is 0.350 e. The van der Waals surface area contributed by atoms with Crippen LogP contribution in [0, 0.1) is 0 Å². The predicted octanol–water partition coefficient (Wildman–Crippen LogP) is 3.33. The summed E-state index contributed by atoms with van der Waals surface area (Å²) in [5.74, 6) is -4.60. The Bertz CT molecular complexity index is 1240. The van der Waals surface area contributed by atoms with Gasteiger partial charge in [-0.2, -0.15) is 0 Å². The SMILES string of the molecule is CC1(C)OC(=O)C(=CNc2ccc(Cc3ccc(N/C=C4/C(=O)OC(C)(C)OC4O)cc3)cc2)C(=O)O1. The van der Waals surface area contributed by atoms with Crippen molar-refractivity contribution in [1.82, 2.24) is 0 Å². The van der Waals surface area contributed by atoms with Gasteiger partial charge in [0.15, 0.2) is 11.9 Å². The van der Waals surface area contributed by atoms with E-state index in [0.717, 1.165) is 16.8 Å². The van der Waals surface area contributed by atoms with E-state index in [4.69, 9.17) is 18.9 Å². The Morgan fingerprint density at radius 2 is 1.19 bits per heavy atom. The topological polar surface area (TPSA) is 132 Å². The van der Waals surface area contributed by atoms with Crippen LogP contribution in [0.5, 0.6) is 0 Å². The van der Waals surface area contributed by atoms with Crippen LogP contribution >= 0.6 is 0 Å². The van der Waals surface area contributed by atoms with Gasteiger partial charge in [0.05, 0.1) is 0 Å². The van der Waals surface area contributed by atoms with Gasteiger partial charge in [-0.05, 0) is 41.8 Å². The second-order valence-corrected chi connectivity index (χ2v) is 9.46. The number of carbonyl (C=O) groups excluding carboxylic acids is 3. The molecule has 10 heteroatoms. The van der Waals surface area contributed by atoms with Gasteiger partial charge in [0.2, 0.25) is 5.79 Å². The largest absolute Gasteiger partial charge is 0.430 e. The number of hydrogen-bond acceptors (Lipinski definition) is 10. The third-order valence-electron chi connectivity index (χ3n) is 5.45. The minimum Gasteiger partial charge on any atom is -0.430 e. The van der Waals surface area contributed by atoms with Gasteiger partial charge in [-0.25, -0.2) is 14.4 Å². The lowest BCUT2D eigenvalue weighted by atomic mass is 10.0. The molecule has 0 spiro atoms. The molecule has 4 rings (SSSR count). The Morgan fingerprint density at radius 1 is 0.730 bits per heavy atom. The van der Waals surface area contributed by atoms with E-state index in [-0.39, 0.29) is 11.1 Å². The maximum absolute atomic E-state index is 12.1. The molecule has 0 bridgehead atoms. The second-order valence-electron chi connectivity index (χ2n) is 9.46. The van der Waals surface area contributed by atoms with Crippen molar-refractivity contribution in [2.24, 2.45) is 0 Å². The number of aliphatic hydroxyl groups is 1. The average molecular weight is 509 g/mol. The fraction of sp³-hybridized carbons (Fsp3) is 0.296. The number of esters is 3. The summed E-state index contributed by atoms with van der Waals surface area (Å²) in [7, 11) is 0. The lowest BCUT2D eigenvalue weighted by Gasteiger charge is -2.33. The van der Waals surface area contributed by atoms with Crippen molar-refractivity contribution in [3.63, 3.8) is 0 Å². The zero-order chi connectivity index (χ0) is 26.8. The summed E-state index contributed by atoms with van der Waals surface area (Å²) in [5, 5.41) is 15.9. The minimum atomic E-state index is -1.38. The number of aliphatic hydroxyl groups excluding tert-OH is 1. The summed E-state index contributed by atoms with van der Waals surface area (Å²) in [6.07, 6.45) is 1.93. The quantitative estimate of drug-likeness (QED) is 0.303. The highest BCUT2D eigenvalue weighted by Gasteiger charge is 2.39. The first kappa shape index (κ1) is 25.9. The highest BCUT2D eigenvalue weighted by atomic mass is 16.8. The first-order valence-corrected chi connectivity index (χ1v) is 11.6. The van der Waals surface area contributed by atoms with Crippen molar-refractivity contribution >= 4 is 29.3 Å². The van der Waals surface area contributed by atoms with E-state index in [1.807, 2.05) is 48.5 Å². The first-order chi connectivity index (χ1) is 17.4. The molecule has 0 amide bonds. The van der Waals surface area contributed by atoms with Crippen LogP contribution in [-0.2, 0) is 39.8 Å². The summed E-state index contributed by atoms with van der Waals surface area (Å²) in [6, 6.07) is 15.1. The lowest BCUT2D eigenvalue weighted by Crippen LogP contribution is -2.44. The molecule has 2 heterocycles. The maximum atomic E-state index is 12.1. The van der Waals surface area contributed by atoms with Gasteiger partial charge in [-0.3, -0.25) is 0 Å². The maximum Gasteiger partial charge on any atom is 0.350 e. The molecular weight excluding hydrogens is 480 g/mol. The van der Waals surface area contributed by atoms with Crippen molar-refractivity contribution in [2.75, 3.05) is 10.6 Å². The third kappa shape index (κ3) is 6.54. The Hall–Kier alpha value is -4.15. The molecule has 2 aromatic rings. The number of hydrogen-bond donors (Lipinski definition) is 3. The summed E-state index contributed by atoms with van der Waals surface area (Å²) in [6.45, 7) is 6.07. The molecular formula is C27H28N2O8. The molecule has 10 nitrogen and oxygen atoms in total. The van der Waals surface area contributed by atoms with Crippen molar-refractivity contribution in [3.05, 3.63) is 83.2 Å². The number of benzene rings is 2. The van der Waals surface area contributed by atoms with E-state index in [1.165, 1.54) is 26.2 Å². The van der Waals surface area contributed by atoms with Gasteiger partial charge in [-0.15, -0.1) is 0 Å². The Balaban J connectivity index is 1.32. The molecule has 2 saturated heterocycles. The molecule has 0 aliphatic carbocycles. The number of anilines is 2. The number of nitrogens with one attached hydrogen (secondary N) is 2. The van der Waals surface area contributed by atoms with Gasteiger partial charge in [-0.1, -0.05) is 24.3 Å². The van der Waals surface area contributed by atoms with E-state index in [0.29, 0.717) is 12.1 Å². The lowest BCUT2D eigenvalue weighted by molar-refractivity contribution is -0.279. The molecule has 0 radical (unpaired) electrons. The Morgan fingerprint density at radius 3 is 1.68 bits per heavy atom. The summed E-state index contributed by atoms with van der Waals surface area (Å²) in [5.41, 5.74) is 3.28. The number of ether oxygens (including phenoxy) is 4. The fourth-order valence-electron chi connectivity index (χ4n) is 3.64. The van der Waals surface area contributed by atoms with Gasteiger partial charge < -0.3 is 34.7 Å². The van der Waals surface area contributed by atoms with Gasteiger partial charge in [0.1, 0.15) is 5.57 Å². The molecule has 0 saturated carbocycles. The molecule has 2 aliphatic heterocycles. The number of rotatable bonds is 6. The van der Waals surface area contributed by atoms with Crippen LogP contribution < -0.4 is 10.6 Å². The zero-order valence-electron chi connectivity index (χ0n) is 20.9. The molecule has 37 heavy (non-hydrogen) atoms. The molecule has 3 N–H and O–H groups in total. The summed E-state index contributed by atoms with van der Waals surface area (Å²) < 4.78 is 20.5.